The third-order valence-corrected chi connectivity index (χ3v) is 4.30. The molecule has 6 nitrogen and oxygen atoms in total. The van der Waals surface area contributed by atoms with Crippen LogP contribution in [0.3, 0.4) is 0 Å². The van der Waals surface area contributed by atoms with Crippen molar-refractivity contribution in [2.75, 3.05) is 19.3 Å². The van der Waals surface area contributed by atoms with Crippen molar-refractivity contribution in [3.05, 3.63) is 23.1 Å². The minimum atomic E-state index is -3.27. The number of hydrogen-bond donors (Lipinski definition) is 1. The van der Waals surface area contributed by atoms with Crippen molar-refractivity contribution in [1.82, 2.24) is 9.62 Å². The van der Waals surface area contributed by atoms with Gasteiger partial charge in [0.05, 0.1) is 18.1 Å². The monoisotopic (exact) mass is 320 g/mol. The maximum Gasteiger partial charge on any atom is 0.259 e. The normalized spacial score (nSPS) is 20.1. The molecule has 1 N–H and O–H groups in total. The van der Waals surface area contributed by atoms with Crippen molar-refractivity contribution in [1.29, 1.82) is 0 Å². The van der Waals surface area contributed by atoms with Crippen molar-refractivity contribution >= 4 is 27.5 Å². The van der Waals surface area contributed by atoms with Gasteiger partial charge in [-0.1, -0.05) is 0 Å². The van der Waals surface area contributed by atoms with Gasteiger partial charge < -0.3 is 9.32 Å². The van der Waals surface area contributed by atoms with E-state index in [0.29, 0.717) is 12.1 Å². The van der Waals surface area contributed by atoms with Crippen LogP contribution >= 0.6 is 11.6 Å². The number of likely N-dealkylation sites (tertiary alicyclic amines) is 1. The van der Waals surface area contributed by atoms with Gasteiger partial charge in [-0.05, 0) is 36.9 Å². The van der Waals surface area contributed by atoms with Crippen LogP contribution in [0.25, 0.3) is 0 Å². The van der Waals surface area contributed by atoms with E-state index in [1.54, 1.807) is 4.90 Å². The Morgan fingerprint density at radius 1 is 1.55 bits per heavy atom. The molecule has 2 rings (SSSR count). The molecule has 0 aliphatic carbocycles. The number of carbonyl (C=O) groups is 1. The van der Waals surface area contributed by atoms with E-state index in [4.69, 9.17) is 16.0 Å². The predicted molar refractivity (Wildman–Crippen MR) is 75.2 cm³/mol. The molecule has 1 atom stereocenters. The molecule has 1 fully saturated rings. The number of nitrogens with one attached hydrogen (secondary N) is 1. The second-order valence-electron chi connectivity index (χ2n) is 4.88. The van der Waals surface area contributed by atoms with Crippen molar-refractivity contribution < 1.29 is 17.6 Å². The average molecular weight is 321 g/mol. The zero-order valence-corrected chi connectivity index (χ0v) is 12.7. The van der Waals surface area contributed by atoms with Crippen molar-refractivity contribution in [3.63, 3.8) is 0 Å². The first-order valence-electron chi connectivity index (χ1n) is 6.37. The summed E-state index contributed by atoms with van der Waals surface area (Å²) in [6, 6.07) is 1.37. The average Bonchev–Trinajstić information content (AvgIpc) is 2.81. The highest BCUT2D eigenvalue weighted by Gasteiger charge is 2.29. The molecule has 0 aromatic carbocycles. The summed E-state index contributed by atoms with van der Waals surface area (Å²) in [6.45, 7) is 0.816. The van der Waals surface area contributed by atoms with Gasteiger partial charge in [0, 0.05) is 19.1 Å². The Labute approximate surface area is 123 Å². The lowest BCUT2D eigenvalue weighted by Crippen LogP contribution is -2.49. The second kappa shape index (κ2) is 6.15. The van der Waals surface area contributed by atoms with Crippen LogP contribution in [0.15, 0.2) is 16.7 Å². The van der Waals surface area contributed by atoms with E-state index in [1.807, 2.05) is 0 Å². The molecular weight excluding hydrogens is 304 g/mol. The van der Waals surface area contributed by atoms with E-state index in [1.165, 1.54) is 12.3 Å². The Hall–Kier alpha value is -1.05. The molecule has 112 valence electrons. The zero-order valence-electron chi connectivity index (χ0n) is 11.1. The molecule has 1 amide bonds. The first-order valence-corrected chi connectivity index (χ1v) is 8.64. The van der Waals surface area contributed by atoms with Crippen LogP contribution in [0.4, 0.5) is 0 Å². The largest absolute Gasteiger partial charge is 0.452 e. The van der Waals surface area contributed by atoms with E-state index in [-0.39, 0.29) is 23.7 Å². The number of carbonyl (C=O) groups excluding carboxylic acids is 1. The van der Waals surface area contributed by atoms with Gasteiger partial charge >= 0.3 is 0 Å². The SMILES string of the molecule is CS(=O)(=O)NCC1CCCCN1C(=O)c1ccoc1Cl. The Balaban J connectivity index is 2.11. The number of amides is 1. The van der Waals surface area contributed by atoms with Gasteiger partial charge in [0.25, 0.3) is 5.91 Å². The van der Waals surface area contributed by atoms with Crippen molar-refractivity contribution in [3.8, 4) is 0 Å². The van der Waals surface area contributed by atoms with Gasteiger partial charge in [0.2, 0.25) is 15.2 Å². The summed E-state index contributed by atoms with van der Waals surface area (Å²) < 4.78 is 29.8. The number of rotatable bonds is 4. The van der Waals surface area contributed by atoms with Crippen LogP contribution in [0, 0.1) is 0 Å². The standard InChI is InChI=1S/C12H17ClN2O4S/c1-20(17,18)14-8-9-4-2-3-6-15(9)12(16)10-5-7-19-11(10)13/h5,7,9,14H,2-4,6,8H2,1H3. The highest BCUT2D eigenvalue weighted by molar-refractivity contribution is 7.88. The second-order valence-corrected chi connectivity index (χ2v) is 7.05. The van der Waals surface area contributed by atoms with Gasteiger partial charge in [-0.25, -0.2) is 13.1 Å². The van der Waals surface area contributed by atoms with Gasteiger partial charge in [0.1, 0.15) is 0 Å². The molecule has 1 aromatic heterocycles. The third kappa shape index (κ3) is 3.74. The number of nitrogens with zero attached hydrogens (tertiary/aromatic N) is 1. The summed E-state index contributed by atoms with van der Waals surface area (Å²) in [6.07, 6.45) is 5.11. The lowest BCUT2D eigenvalue weighted by molar-refractivity contribution is 0.0618. The van der Waals surface area contributed by atoms with E-state index >= 15 is 0 Å². The summed E-state index contributed by atoms with van der Waals surface area (Å²) in [5, 5.41) is 0.0652. The molecule has 0 bridgehead atoms. The molecule has 1 aromatic rings. The zero-order chi connectivity index (χ0) is 14.8. The molecule has 1 saturated heterocycles. The van der Waals surface area contributed by atoms with Gasteiger partial charge in [0.15, 0.2) is 0 Å². The minimum Gasteiger partial charge on any atom is -0.452 e. The highest BCUT2D eigenvalue weighted by atomic mass is 35.5. The summed E-state index contributed by atoms with van der Waals surface area (Å²) in [7, 11) is -3.27. The fourth-order valence-corrected chi connectivity index (χ4v) is 3.02. The Kier molecular flexibility index (Phi) is 4.72. The predicted octanol–water partition coefficient (Wildman–Crippen LogP) is 1.48. The first kappa shape index (κ1) is 15.3. The maximum atomic E-state index is 12.4. The Morgan fingerprint density at radius 2 is 2.30 bits per heavy atom. The van der Waals surface area contributed by atoms with Crippen molar-refractivity contribution in [2.45, 2.75) is 25.3 Å². The van der Waals surface area contributed by atoms with Crippen LogP contribution in [0.2, 0.25) is 5.22 Å². The van der Waals surface area contributed by atoms with Crippen molar-refractivity contribution in [2.24, 2.45) is 0 Å². The lowest BCUT2D eigenvalue weighted by atomic mass is 10.0. The first-order chi connectivity index (χ1) is 9.38. The van der Waals surface area contributed by atoms with Crippen LogP contribution < -0.4 is 4.72 Å². The molecule has 1 aliphatic rings. The lowest BCUT2D eigenvalue weighted by Gasteiger charge is -2.35. The Bertz CT molecular complexity index is 584. The minimum absolute atomic E-state index is 0.0652. The molecular formula is C12H17ClN2O4S. The molecule has 0 saturated carbocycles. The van der Waals surface area contributed by atoms with E-state index < -0.39 is 10.0 Å². The molecule has 20 heavy (non-hydrogen) atoms. The fourth-order valence-electron chi connectivity index (χ4n) is 2.33. The molecule has 1 unspecified atom stereocenters. The summed E-state index contributed by atoms with van der Waals surface area (Å²) >= 11 is 5.83. The summed E-state index contributed by atoms with van der Waals surface area (Å²) in [4.78, 5) is 14.1. The van der Waals surface area contributed by atoms with E-state index in [9.17, 15) is 13.2 Å². The number of piperidine rings is 1. The van der Waals surface area contributed by atoms with Crippen LogP contribution in [-0.4, -0.2) is 44.6 Å². The maximum absolute atomic E-state index is 12.4. The number of hydrogen-bond acceptors (Lipinski definition) is 4. The van der Waals surface area contributed by atoms with Gasteiger partial charge in [-0.15, -0.1) is 0 Å². The van der Waals surface area contributed by atoms with Crippen LogP contribution in [0.1, 0.15) is 29.6 Å². The van der Waals surface area contributed by atoms with Crippen LogP contribution in [-0.2, 0) is 10.0 Å². The number of furan rings is 1. The quantitative estimate of drug-likeness (QED) is 0.911. The molecule has 0 radical (unpaired) electrons. The molecule has 0 spiro atoms. The fraction of sp³-hybridized carbons (Fsp3) is 0.583. The Morgan fingerprint density at radius 3 is 2.90 bits per heavy atom. The topological polar surface area (TPSA) is 79.6 Å². The van der Waals surface area contributed by atoms with Gasteiger partial charge in [-0.3, -0.25) is 4.79 Å². The van der Waals surface area contributed by atoms with Gasteiger partial charge in [-0.2, -0.15) is 0 Å². The summed E-state index contributed by atoms with van der Waals surface area (Å²) in [5.41, 5.74) is 0.318. The third-order valence-electron chi connectivity index (χ3n) is 3.32. The molecule has 8 heteroatoms. The van der Waals surface area contributed by atoms with E-state index in [2.05, 4.69) is 4.72 Å². The number of sulfonamides is 1. The smallest absolute Gasteiger partial charge is 0.259 e. The number of halogens is 1. The van der Waals surface area contributed by atoms with E-state index in [0.717, 1.165) is 25.5 Å². The highest BCUT2D eigenvalue weighted by Crippen LogP contribution is 2.23. The van der Waals surface area contributed by atoms with Crippen LogP contribution in [0.5, 0.6) is 0 Å². The summed E-state index contributed by atoms with van der Waals surface area (Å²) in [5.74, 6) is -0.219. The molecule has 1 aliphatic heterocycles. The molecule has 2 heterocycles.